The fraction of sp³-hybridized carbons (Fsp3) is 0.368. The van der Waals surface area contributed by atoms with E-state index in [-0.39, 0.29) is 0 Å². The Hall–Kier alpha value is -1.65. The smallest absolute Gasteiger partial charge is 0.225 e. The zero-order chi connectivity index (χ0) is 16.7. The maximum absolute atomic E-state index is 6.16. The molecule has 2 heterocycles. The molecule has 1 fully saturated rings. The minimum Gasteiger partial charge on any atom is -0.367 e. The standard InChI is InChI=1S/C19H20ClN3S/c1-11-7-8-13(9-12(11)2)15-10-24-18-16(15)17(22-19(20)23-18)21-14-5-3-4-6-14/h7-10,14H,3-6H2,1-2H3,(H,21,22,23). The Morgan fingerprint density at radius 1 is 1.12 bits per heavy atom. The van der Waals surface area contributed by atoms with Gasteiger partial charge in [0.15, 0.2) is 0 Å². The number of benzene rings is 1. The fourth-order valence-corrected chi connectivity index (χ4v) is 4.57. The van der Waals surface area contributed by atoms with E-state index in [1.165, 1.54) is 47.9 Å². The van der Waals surface area contributed by atoms with Gasteiger partial charge in [-0.1, -0.05) is 31.0 Å². The summed E-state index contributed by atoms with van der Waals surface area (Å²) in [5.41, 5.74) is 5.01. The van der Waals surface area contributed by atoms with Gasteiger partial charge in [0.05, 0.1) is 5.39 Å². The first-order valence-electron chi connectivity index (χ1n) is 8.41. The van der Waals surface area contributed by atoms with Crippen molar-refractivity contribution in [2.75, 3.05) is 5.32 Å². The molecular formula is C19H20ClN3S. The highest BCUT2D eigenvalue weighted by Crippen LogP contribution is 2.39. The van der Waals surface area contributed by atoms with E-state index >= 15 is 0 Å². The van der Waals surface area contributed by atoms with E-state index in [9.17, 15) is 0 Å². The van der Waals surface area contributed by atoms with Crippen LogP contribution in [-0.2, 0) is 0 Å². The third-order valence-corrected chi connectivity index (χ3v) is 5.96. The lowest BCUT2D eigenvalue weighted by molar-refractivity contribution is 0.751. The molecule has 24 heavy (non-hydrogen) atoms. The minimum absolute atomic E-state index is 0.316. The lowest BCUT2D eigenvalue weighted by Gasteiger charge is -2.14. The summed E-state index contributed by atoms with van der Waals surface area (Å²) in [5, 5.41) is 7.20. The van der Waals surface area contributed by atoms with Gasteiger partial charge in [-0.15, -0.1) is 11.3 Å². The molecule has 0 atom stereocenters. The van der Waals surface area contributed by atoms with Crippen molar-refractivity contribution in [3.8, 4) is 11.1 Å². The molecule has 1 aromatic carbocycles. The molecule has 2 aromatic heterocycles. The predicted octanol–water partition coefficient (Wildman–Crippen LogP) is 5.98. The molecule has 0 saturated heterocycles. The zero-order valence-electron chi connectivity index (χ0n) is 13.9. The summed E-state index contributed by atoms with van der Waals surface area (Å²) >= 11 is 7.78. The quantitative estimate of drug-likeness (QED) is 0.585. The van der Waals surface area contributed by atoms with Crippen molar-refractivity contribution in [2.45, 2.75) is 45.6 Å². The molecule has 1 saturated carbocycles. The number of halogens is 1. The number of nitrogens with zero attached hydrogens (tertiary/aromatic N) is 2. The highest BCUT2D eigenvalue weighted by Gasteiger charge is 2.20. The first-order valence-corrected chi connectivity index (χ1v) is 9.66. The third kappa shape index (κ3) is 2.89. The van der Waals surface area contributed by atoms with Crippen LogP contribution in [0, 0.1) is 13.8 Å². The van der Waals surface area contributed by atoms with E-state index in [1.54, 1.807) is 11.3 Å². The van der Waals surface area contributed by atoms with E-state index in [2.05, 4.69) is 52.7 Å². The molecule has 124 valence electrons. The molecule has 1 aliphatic carbocycles. The number of hydrogen-bond acceptors (Lipinski definition) is 4. The van der Waals surface area contributed by atoms with Gasteiger partial charge in [-0.05, 0) is 55.0 Å². The summed E-state index contributed by atoms with van der Waals surface area (Å²) in [6, 6.07) is 7.09. The second-order valence-corrected chi connectivity index (χ2v) is 7.79. The van der Waals surface area contributed by atoms with Crippen LogP contribution in [-0.4, -0.2) is 16.0 Å². The number of rotatable bonds is 3. The zero-order valence-corrected chi connectivity index (χ0v) is 15.5. The van der Waals surface area contributed by atoms with Gasteiger partial charge in [0, 0.05) is 17.0 Å². The van der Waals surface area contributed by atoms with Crippen molar-refractivity contribution in [3.05, 3.63) is 40.0 Å². The molecule has 0 spiro atoms. The number of hydrogen-bond donors (Lipinski definition) is 1. The maximum atomic E-state index is 6.16. The molecule has 1 aliphatic rings. The largest absolute Gasteiger partial charge is 0.367 e. The van der Waals surface area contributed by atoms with Crippen LogP contribution in [0.3, 0.4) is 0 Å². The lowest BCUT2D eigenvalue weighted by Crippen LogP contribution is -2.16. The van der Waals surface area contributed by atoms with Crippen molar-refractivity contribution >= 4 is 39.0 Å². The van der Waals surface area contributed by atoms with E-state index < -0.39 is 0 Å². The minimum atomic E-state index is 0.316. The van der Waals surface area contributed by atoms with Gasteiger partial charge < -0.3 is 5.32 Å². The van der Waals surface area contributed by atoms with E-state index in [1.807, 2.05) is 0 Å². The van der Waals surface area contributed by atoms with Crippen molar-refractivity contribution in [3.63, 3.8) is 0 Å². The molecule has 0 amide bonds. The van der Waals surface area contributed by atoms with Gasteiger partial charge in [0.1, 0.15) is 10.6 Å². The number of nitrogens with one attached hydrogen (secondary N) is 1. The van der Waals surface area contributed by atoms with E-state index in [0.717, 1.165) is 16.0 Å². The fourth-order valence-electron chi connectivity index (χ4n) is 3.41. The van der Waals surface area contributed by atoms with Crippen LogP contribution in [0.15, 0.2) is 23.6 Å². The number of fused-ring (bicyclic) bond motifs is 1. The Labute approximate surface area is 151 Å². The first kappa shape index (κ1) is 15.9. The van der Waals surface area contributed by atoms with Crippen molar-refractivity contribution in [1.82, 2.24) is 9.97 Å². The van der Waals surface area contributed by atoms with Crippen LogP contribution < -0.4 is 5.32 Å². The topological polar surface area (TPSA) is 37.8 Å². The Morgan fingerprint density at radius 2 is 1.92 bits per heavy atom. The summed E-state index contributed by atoms with van der Waals surface area (Å²) in [4.78, 5) is 9.89. The molecule has 5 heteroatoms. The van der Waals surface area contributed by atoms with Crippen molar-refractivity contribution in [1.29, 1.82) is 0 Å². The molecular weight excluding hydrogens is 338 g/mol. The summed E-state index contributed by atoms with van der Waals surface area (Å²) in [5.74, 6) is 0.881. The number of aryl methyl sites for hydroxylation is 2. The monoisotopic (exact) mass is 357 g/mol. The molecule has 3 nitrogen and oxygen atoms in total. The summed E-state index contributed by atoms with van der Waals surface area (Å²) < 4.78 is 0. The van der Waals surface area contributed by atoms with Crippen LogP contribution in [0.25, 0.3) is 21.3 Å². The normalized spacial score (nSPS) is 15.3. The average Bonchev–Trinajstić information content (AvgIpc) is 3.19. The van der Waals surface area contributed by atoms with Gasteiger partial charge in [-0.2, -0.15) is 0 Å². The Balaban J connectivity index is 1.85. The van der Waals surface area contributed by atoms with Crippen molar-refractivity contribution < 1.29 is 0 Å². The van der Waals surface area contributed by atoms with E-state index in [0.29, 0.717) is 11.3 Å². The summed E-state index contributed by atoms with van der Waals surface area (Å²) in [7, 11) is 0. The SMILES string of the molecule is Cc1ccc(-c2csc3nc(Cl)nc(NC4CCCC4)c23)cc1C. The maximum Gasteiger partial charge on any atom is 0.225 e. The summed E-state index contributed by atoms with van der Waals surface area (Å²) in [6.07, 6.45) is 4.97. The van der Waals surface area contributed by atoms with E-state index in [4.69, 9.17) is 11.6 Å². The number of anilines is 1. The number of aromatic nitrogens is 2. The lowest BCUT2D eigenvalue weighted by atomic mass is 10.0. The predicted molar refractivity (Wildman–Crippen MR) is 103 cm³/mol. The molecule has 0 bridgehead atoms. The number of thiophene rings is 1. The Bertz CT molecular complexity index is 897. The van der Waals surface area contributed by atoms with Gasteiger partial charge in [0.2, 0.25) is 5.28 Å². The third-order valence-electron chi connectivity index (χ3n) is 4.92. The van der Waals surface area contributed by atoms with Crippen LogP contribution in [0.4, 0.5) is 5.82 Å². The van der Waals surface area contributed by atoms with Gasteiger partial charge in [-0.25, -0.2) is 9.97 Å². The molecule has 3 aromatic rings. The highest BCUT2D eigenvalue weighted by atomic mass is 35.5. The molecule has 0 aliphatic heterocycles. The van der Waals surface area contributed by atoms with Crippen LogP contribution in [0.5, 0.6) is 0 Å². The molecule has 0 unspecified atom stereocenters. The van der Waals surface area contributed by atoms with Crippen LogP contribution in [0.1, 0.15) is 36.8 Å². The van der Waals surface area contributed by atoms with Crippen LogP contribution in [0.2, 0.25) is 5.28 Å². The van der Waals surface area contributed by atoms with Gasteiger partial charge in [0.25, 0.3) is 0 Å². The molecule has 4 rings (SSSR count). The molecule has 0 radical (unpaired) electrons. The highest BCUT2D eigenvalue weighted by molar-refractivity contribution is 7.17. The average molecular weight is 358 g/mol. The van der Waals surface area contributed by atoms with Gasteiger partial charge >= 0.3 is 0 Å². The second-order valence-electron chi connectivity index (χ2n) is 6.60. The van der Waals surface area contributed by atoms with Crippen molar-refractivity contribution in [2.24, 2.45) is 0 Å². The summed E-state index contributed by atoms with van der Waals surface area (Å²) in [6.45, 7) is 4.29. The van der Waals surface area contributed by atoms with Gasteiger partial charge in [-0.3, -0.25) is 0 Å². The Morgan fingerprint density at radius 3 is 2.67 bits per heavy atom. The Kier molecular flexibility index (Phi) is 4.19. The van der Waals surface area contributed by atoms with Crippen LogP contribution >= 0.6 is 22.9 Å². The second kappa shape index (κ2) is 6.34. The molecule has 1 N–H and O–H groups in total. The first-order chi connectivity index (χ1) is 11.6.